The maximum atomic E-state index is 10.8. The summed E-state index contributed by atoms with van der Waals surface area (Å²) in [4.78, 5) is 12.9. The molecule has 0 aliphatic carbocycles. The van der Waals surface area contributed by atoms with Gasteiger partial charge in [0.25, 0.3) is 0 Å². The van der Waals surface area contributed by atoms with Crippen molar-refractivity contribution >= 4 is 11.6 Å². The largest absolute Gasteiger partial charge is 0.370 e. The van der Waals surface area contributed by atoms with Crippen LogP contribution in [-0.2, 0) is 4.79 Å². The van der Waals surface area contributed by atoms with Crippen LogP contribution in [-0.4, -0.2) is 19.0 Å². The lowest BCUT2D eigenvalue weighted by atomic mass is 9.98. The van der Waals surface area contributed by atoms with Gasteiger partial charge in [-0.1, -0.05) is 5.92 Å². The molecule has 1 saturated heterocycles. The molecule has 15 heavy (non-hydrogen) atoms. The average Bonchev–Trinajstić information content (AvgIpc) is 2.16. The number of nitrogens with two attached hydrogens (primary N) is 1. The van der Waals surface area contributed by atoms with E-state index in [1.165, 1.54) is 0 Å². The zero-order valence-electron chi connectivity index (χ0n) is 8.31. The van der Waals surface area contributed by atoms with Gasteiger partial charge >= 0.3 is 0 Å². The van der Waals surface area contributed by atoms with Crippen LogP contribution in [0.1, 0.15) is 5.56 Å². The van der Waals surface area contributed by atoms with Crippen LogP contribution in [0.15, 0.2) is 24.3 Å². The number of amides is 1. The highest BCUT2D eigenvalue weighted by molar-refractivity contribution is 5.80. The average molecular weight is 200 g/mol. The molecule has 0 saturated carbocycles. The number of rotatable bonds is 2. The SMILES string of the molecule is C#Cc1ccc(N2CC(C(N)=O)C2)cc1. The molecule has 1 aliphatic rings. The van der Waals surface area contributed by atoms with Gasteiger partial charge in [0.2, 0.25) is 5.91 Å². The Morgan fingerprint density at radius 1 is 1.40 bits per heavy atom. The summed E-state index contributed by atoms with van der Waals surface area (Å²) in [6.07, 6.45) is 5.26. The van der Waals surface area contributed by atoms with Crippen LogP contribution >= 0.6 is 0 Å². The zero-order valence-corrected chi connectivity index (χ0v) is 8.31. The minimum atomic E-state index is -0.216. The standard InChI is InChI=1S/C12H12N2O/c1-2-9-3-5-11(6-4-9)14-7-10(8-14)12(13)15/h1,3-6,10H,7-8H2,(H2,13,15). The van der Waals surface area contributed by atoms with Crippen molar-refractivity contribution in [3.8, 4) is 12.3 Å². The third kappa shape index (κ3) is 1.79. The Balaban J connectivity index is 2.02. The Hall–Kier alpha value is -1.95. The van der Waals surface area contributed by atoms with Gasteiger partial charge in [0, 0.05) is 24.3 Å². The summed E-state index contributed by atoms with van der Waals surface area (Å²) < 4.78 is 0. The second-order valence-corrected chi connectivity index (χ2v) is 3.70. The minimum Gasteiger partial charge on any atom is -0.370 e. The number of hydrogen-bond donors (Lipinski definition) is 1. The fraction of sp³-hybridized carbons (Fsp3) is 0.250. The van der Waals surface area contributed by atoms with Crippen molar-refractivity contribution in [3.05, 3.63) is 29.8 Å². The molecule has 1 aliphatic heterocycles. The van der Waals surface area contributed by atoms with Crippen molar-refractivity contribution in [2.75, 3.05) is 18.0 Å². The number of terminal acetylenes is 1. The van der Waals surface area contributed by atoms with E-state index in [-0.39, 0.29) is 11.8 Å². The zero-order chi connectivity index (χ0) is 10.8. The van der Waals surface area contributed by atoms with E-state index in [1.807, 2.05) is 24.3 Å². The molecule has 1 fully saturated rings. The molecule has 1 aromatic rings. The number of hydrogen-bond acceptors (Lipinski definition) is 2. The number of anilines is 1. The molecule has 1 heterocycles. The summed E-state index contributed by atoms with van der Waals surface area (Å²) in [7, 11) is 0. The first-order valence-corrected chi connectivity index (χ1v) is 4.81. The minimum absolute atomic E-state index is 0.00249. The Morgan fingerprint density at radius 3 is 2.47 bits per heavy atom. The van der Waals surface area contributed by atoms with Crippen LogP contribution in [0.4, 0.5) is 5.69 Å². The number of carbonyl (C=O) groups is 1. The predicted octanol–water partition coefficient (Wildman–Crippen LogP) is 0.589. The predicted molar refractivity (Wildman–Crippen MR) is 59.3 cm³/mol. The van der Waals surface area contributed by atoms with E-state index in [9.17, 15) is 4.79 Å². The third-order valence-corrected chi connectivity index (χ3v) is 2.68. The van der Waals surface area contributed by atoms with Gasteiger partial charge in [-0.3, -0.25) is 4.79 Å². The Bertz CT molecular complexity index is 410. The van der Waals surface area contributed by atoms with E-state index in [2.05, 4.69) is 10.8 Å². The van der Waals surface area contributed by atoms with E-state index in [1.54, 1.807) is 0 Å². The highest BCUT2D eigenvalue weighted by Crippen LogP contribution is 2.24. The van der Waals surface area contributed by atoms with E-state index in [0.29, 0.717) is 13.1 Å². The molecule has 0 radical (unpaired) electrons. The topological polar surface area (TPSA) is 46.3 Å². The van der Waals surface area contributed by atoms with Crippen LogP contribution in [0.5, 0.6) is 0 Å². The van der Waals surface area contributed by atoms with Gasteiger partial charge in [-0.25, -0.2) is 0 Å². The lowest BCUT2D eigenvalue weighted by Crippen LogP contribution is -2.52. The maximum absolute atomic E-state index is 10.8. The van der Waals surface area contributed by atoms with Crippen molar-refractivity contribution in [1.29, 1.82) is 0 Å². The van der Waals surface area contributed by atoms with E-state index in [0.717, 1.165) is 11.3 Å². The lowest BCUT2D eigenvalue weighted by molar-refractivity contribution is -0.122. The maximum Gasteiger partial charge on any atom is 0.224 e. The van der Waals surface area contributed by atoms with Gasteiger partial charge in [-0.05, 0) is 24.3 Å². The monoisotopic (exact) mass is 200 g/mol. The fourth-order valence-electron chi connectivity index (χ4n) is 1.64. The summed E-state index contributed by atoms with van der Waals surface area (Å²) in [6.45, 7) is 1.43. The van der Waals surface area contributed by atoms with Crippen molar-refractivity contribution in [3.63, 3.8) is 0 Å². The molecular weight excluding hydrogens is 188 g/mol. The third-order valence-electron chi connectivity index (χ3n) is 2.68. The molecule has 0 aromatic heterocycles. The summed E-state index contributed by atoms with van der Waals surface area (Å²) in [5.74, 6) is 2.34. The number of benzene rings is 1. The van der Waals surface area contributed by atoms with Gasteiger partial charge < -0.3 is 10.6 Å². The van der Waals surface area contributed by atoms with Crippen LogP contribution in [0.25, 0.3) is 0 Å². The van der Waals surface area contributed by atoms with Gasteiger partial charge in [-0.15, -0.1) is 6.42 Å². The normalized spacial score (nSPS) is 15.5. The molecule has 3 nitrogen and oxygen atoms in total. The molecule has 0 bridgehead atoms. The van der Waals surface area contributed by atoms with Crippen LogP contribution in [0.3, 0.4) is 0 Å². The number of carbonyl (C=O) groups excluding carboxylic acids is 1. The van der Waals surface area contributed by atoms with Gasteiger partial charge in [0.1, 0.15) is 0 Å². The lowest BCUT2D eigenvalue weighted by Gasteiger charge is -2.39. The first kappa shape index (κ1) is 9.60. The number of nitrogens with zero attached hydrogens (tertiary/aromatic N) is 1. The van der Waals surface area contributed by atoms with Crippen LogP contribution in [0, 0.1) is 18.3 Å². The highest BCUT2D eigenvalue weighted by Gasteiger charge is 2.30. The molecule has 76 valence electrons. The first-order chi connectivity index (χ1) is 7.20. The van der Waals surface area contributed by atoms with E-state index in [4.69, 9.17) is 12.2 Å². The van der Waals surface area contributed by atoms with Crippen molar-refractivity contribution in [2.24, 2.45) is 11.7 Å². The quantitative estimate of drug-likeness (QED) is 0.710. The number of primary amides is 1. The Kier molecular flexibility index (Phi) is 2.34. The van der Waals surface area contributed by atoms with Gasteiger partial charge in [0.05, 0.1) is 5.92 Å². The highest BCUT2D eigenvalue weighted by atomic mass is 16.1. The van der Waals surface area contributed by atoms with E-state index < -0.39 is 0 Å². The molecule has 0 atom stereocenters. The van der Waals surface area contributed by atoms with Crippen molar-refractivity contribution < 1.29 is 4.79 Å². The van der Waals surface area contributed by atoms with Gasteiger partial charge in [0.15, 0.2) is 0 Å². The second kappa shape index (κ2) is 3.66. The molecule has 3 heteroatoms. The smallest absolute Gasteiger partial charge is 0.224 e. The fourth-order valence-corrected chi connectivity index (χ4v) is 1.64. The molecular formula is C12H12N2O. The Morgan fingerprint density at radius 2 is 2.00 bits per heavy atom. The second-order valence-electron chi connectivity index (χ2n) is 3.70. The summed E-state index contributed by atoms with van der Waals surface area (Å²) in [5, 5.41) is 0. The van der Waals surface area contributed by atoms with E-state index >= 15 is 0 Å². The first-order valence-electron chi connectivity index (χ1n) is 4.81. The molecule has 2 rings (SSSR count). The van der Waals surface area contributed by atoms with Gasteiger partial charge in [-0.2, -0.15) is 0 Å². The van der Waals surface area contributed by atoms with Crippen molar-refractivity contribution in [2.45, 2.75) is 0 Å². The summed E-state index contributed by atoms with van der Waals surface area (Å²) in [5.41, 5.74) is 7.15. The van der Waals surface area contributed by atoms with Crippen LogP contribution < -0.4 is 10.6 Å². The van der Waals surface area contributed by atoms with Crippen LogP contribution in [0.2, 0.25) is 0 Å². The molecule has 1 amide bonds. The summed E-state index contributed by atoms with van der Waals surface area (Å²) >= 11 is 0. The Labute approximate surface area is 88.9 Å². The molecule has 1 aromatic carbocycles. The van der Waals surface area contributed by atoms with Crippen molar-refractivity contribution in [1.82, 2.24) is 0 Å². The molecule has 0 unspecified atom stereocenters. The summed E-state index contributed by atoms with van der Waals surface area (Å²) in [6, 6.07) is 7.72. The molecule has 0 spiro atoms. The molecule has 2 N–H and O–H groups in total.